The molecule has 6 heteroatoms. The van der Waals surface area contributed by atoms with Gasteiger partial charge < -0.3 is 15.2 Å². The minimum atomic E-state index is -0.900. The second-order valence-electron chi connectivity index (χ2n) is 6.26. The highest BCUT2D eigenvalue weighted by Gasteiger charge is 2.26. The van der Waals surface area contributed by atoms with Crippen LogP contribution in [0.3, 0.4) is 0 Å². The summed E-state index contributed by atoms with van der Waals surface area (Å²) in [6.07, 6.45) is 10.4. The summed E-state index contributed by atoms with van der Waals surface area (Å²) in [5.41, 5.74) is 5.77. The molecule has 0 aromatic carbocycles. The van der Waals surface area contributed by atoms with Crippen molar-refractivity contribution < 1.29 is 19.1 Å². The van der Waals surface area contributed by atoms with Crippen molar-refractivity contribution in [1.82, 2.24) is 0 Å². The maximum atomic E-state index is 11.9. The molecule has 2 saturated carbocycles. The van der Waals surface area contributed by atoms with E-state index in [0.717, 1.165) is 51.4 Å². The third kappa shape index (κ3) is 6.53. The van der Waals surface area contributed by atoms with Gasteiger partial charge in [0, 0.05) is 0 Å². The molecule has 2 N–H and O–H groups in total. The van der Waals surface area contributed by atoms with Crippen molar-refractivity contribution in [3.63, 3.8) is 0 Å². The normalized spacial score (nSPS) is 21.5. The Kier molecular flexibility index (Phi) is 8.79. The van der Waals surface area contributed by atoms with Crippen LogP contribution in [0.25, 0.3) is 0 Å². The Balaban J connectivity index is 0.00000242. The van der Waals surface area contributed by atoms with Gasteiger partial charge in [0.2, 0.25) is 0 Å². The average Bonchev–Trinajstić information content (AvgIpc) is 2.49. The summed E-state index contributed by atoms with van der Waals surface area (Å²) >= 11 is 0. The summed E-state index contributed by atoms with van der Waals surface area (Å²) in [6, 6.07) is -0.900. The van der Waals surface area contributed by atoms with Crippen LogP contribution in [0, 0.1) is 0 Å². The van der Waals surface area contributed by atoms with E-state index in [1.807, 2.05) is 0 Å². The number of ether oxygens (including phenoxy) is 2. The fourth-order valence-electron chi connectivity index (χ4n) is 3.11. The molecule has 5 nitrogen and oxygen atoms in total. The molecule has 0 aromatic heterocycles. The Hall–Kier alpha value is -0.810. The summed E-state index contributed by atoms with van der Waals surface area (Å²) in [5, 5.41) is 0. The third-order valence-electron chi connectivity index (χ3n) is 4.37. The van der Waals surface area contributed by atoms with E-state index in [4.69, 9.17) is 15.2 Å². The van der Waals surface area contributed by atoms with Gasteiger partial charge >= 0.3 is 11.9 Å². The van der Waals surface area contributed by atoms with E-state index < -0.39 is 12.0 Å². The van der Waals surface area contributed by atoms with Gasteiger partial charge in [-0.25, -0.2) is 0 Å². The maximum Gasteiger partial charge on any atom is 0.323 e. The van der Waals surface area contributed by atoms with E-state index in [9.17, 15) is 9.59 Å². The average molecular weight is 334 g/mol. The summed E-state index contributed by atoms with van der Waals surface area (Å²) < 4.78 is 10.7. The van der Waals surface area contributed by atoms with Gasteiger partial charge in [0.15, 0.2) is 0 Å². The topological polar surface area (TPSA) is 78.6 Å². The zero-order chi connectivity index (χ0) is 15.1. The van der Waals surface area contributed by atoms with Crippen LogP contribution in [0.1, 0.15) is 70.6 Å². The Morgan fingerprint density at radius 2 is 1.32 bits per heavy atom. The molecular formula is C16H28ClNO4. The van der Waals surface area contributed by atoms with Gasteiger partial charge in [-0.1, -0.05) is 12.8 Å². The minimum absolute atomic E-state index is 0. The van der Waals surface area contributed by atoms with Gasteiger partial charge in [-0.3, -0.25) is 9.59 Å². The van der Waals surface area contributed by atoms with E-state index in [1.54, 1.807) is 0 Å². The smallest absolute Gasteiger partial charge is 0.323 e. The zero-order valence-electron chi connectivity index (χ0n) is 13.1. The van der Waals surface area contributed by atoms with E-state index in [1.165, 1.54) is 12.8 Å². The highest BCUT2D eigenvalue weighted by molar-refractivity contribution is 5.85. The fraction of sp³-hybridized carbons (Fsp3) is 0.875. The van der Waals surface area contributed by atoms with E-state index >= 15 is 0 Å². The molecule has 1 atom stereocenters. The quantitative estimate of drug-likeness (QED) is 0.783. The Bertz CT molecular complexity index is 352. The molecule has 2 aliphatic rings. The van der Waals surface area contributed by atoms with Crippen LogP contribution in [0.4, 0.5) is 0 Å². The highest BCUT2D eigenvalue weighted by atomic mass is 35.5. The Morgan fingerprint density at radius 3 is 1.82 bits per heavy atom. The molecule has 0 aromatic rings. The first-order valence-corrected chi connectivity index (χ1v) is 8.30. The first-order valence-electron chi connectivity index (χ1n) is 8.30. The first kappa shape index (κ1) is 19.2. The number of carbonyl (C=O) groups is 2. The van der Waals surface area contributed by atoms with Crippen LogP contribution in [0.2, 0.25) is 0 Å². The zero-order valence-corrected chi connectivity index (χ0v) is 13.9. The van der Waals surface area contributed by atoms with Crippen molar-refractivity contribution in [1.29, 1.82) is 0 Å². The summed E-state index contributed by atoms with van der Waals surface area (Å²) in [5.74, 6) is -0.850. The van der Waals surface area contributed by atoms with Gasteiger partial charge in [-0.2, -0.15) is 0 Å². The molecule has 2 fully saturated rings. The van der Waals surface area contributed by atoms with Crippen LogP contribution in [0.5, 0.6) is 0 Å². The fourth-order valence-corrected chi connectivity index (χ4v) is 3.11. The van der Waals surface area contributed by atoms with E-state index in [0.29, 0.717) is 0 Å². The van der Waals surface area contributed by atoms with E-state index in [-0.39, 0.29) is 37.0 Å². The lowest BCUT2D eigenvalue weighted by molar-refractivity contribution is -0.159. The molecule has 0 aliphatic heterocycles. The van der Waals surface area contributed by atoms with Crippen molar-refractivity contribution in [2.75, 3.05) is 0 Å². The van der Waals surface area contributed by atoms with Crippen LogP contribution in [0.15, 0.2) is 0 Å². The lowest BCUT2D eigenvalue weighted by Crippen LogP contribution is -2.38. The SMILES string of the molecule is Cl.NC(CC(=O)OC1CCCCC1)C(=O)OC1CCCCC1. The van der Waals surface area contributed by atoms with Gasteiger partial charge in [-0.05, 0) is 51.4 Å². The number of nitrogens with two attached hydrogens (primary N) is 1. The molecular weight excluding hydrogens is 306 g/mol. The van der Waals surface area contributed by atoms with E-state index in [2.05, 4.69) is 0 Å². The van der Waals surface area contributed by atoms with Crippen LogP contribution >= 0.6 is 12.4 Å². The third-order valence-corrected chi connectivity index (χ3v) is 4.37. The highest BCUT2D eigenvalue weighted by Crippen LogP contribution is 2.22. The molecule has 2 aliphatic carbocycles. The van der Waals surface area contributed by atoms with Gasteiger partial charge in [-0.15, -0.1) is 12.4 Å². The van der Waals surface area contributed by atoms with Gasteiger partial charge in [0.1, 0.15) is 18.2 Å². The van der Waals surface area contributed by atoms with Crippen LogP contribution < -0.4 is 5.73 Å². The molecule has 22 heavy (non-hydrogen) atoms. The Morgan fingerprint density at radius 1 is 0.864 bits per heavy atom. The second kappa shape index (κ2) is 10.1. The van der Waals surface area contributed by atoms with Crippen molar-refractivity contribution in [3.8, 4) is 0 Å². The number of esters is 2. The van der Waals surface area contributed by atoms with Crippen molar-refractivity contribution in [2.24, 2.45) is 5.73 Å². The van der Waals surface area contributed by atoms with Crippen molar-refractivity contribution in [2.45, 2.75) is 88.9 Å². The monoisotopic (exact) mass is 333 g/mol. The summed E-state index contributed by atoms with van der Waals surface area (Å²) in [6.45, 7) is 0. The number of hydrogen-bond donors (Lipinski definition) is 1. The first-order chi connectivity index (χ1) is 10.1. The molecule has 0 saturated heterocycles. The second-order valence-corrected chi connectivity index (χ2v) is 6.26. The molecule has 2 rings (SSSR count). The number of halogens is 1. The number of rotatable bonds is 5. The predicted molar refractivity (Wildman–Crippen MR) is 85.8 cm³/mol. The molecule has 0 heterocycles. The van der Waals surface area contributed by atoms with Crippen molar-refractivity contribution >= 4 is 24.3 Å². The minimum Gasteiger partial charge on any atom is -0.462 e. The van der Waals surface area contributed by atoms with Crippen LogP contribution in [-0.2, 0) is 19.1 Å². The van der Waals surface area contributed by atoms with Gasteiger partial charge in [0.05, 0.1) is 6.42 Å². The molecule has 0 radical (unpaired) electrons. The predicted octanol–water partition coefficient (Wildman–Crippen LogP) is 2.88. The Labute approximate surface area is 138 Å². The van der Waals surface area contributed by atoms with Crippen LogP contribution in [-0.4, -0.2) is 30.2 Å². The molecule has 128 valence electrons. The standard InChI is InChI=1S/C16H27NO4.ClH/c17-14(16(19)21-13-9-5-2-6-10-13)11-15(18)20-12-7-3-1-4-8-12;/h12-14H,1-11,17H2;1H. The maximum absolute atomic E-state index is 11.9. The molecule has 0 bridgehead atoms. The number of hydrogen-bond acceptors (Lipinski definition) is 5. The largest absolute Gasteiger partial charge is 0.462 e. The van der Waals surface area contributed by atoms with Gasteiger partial charge in [0.25, 0.3) is 0 Å². The lowest BCUT2D eigenvalue weighted by Gasteiger charge is -2.24. The molecule has 0 amide bonds. The van der Waals surface area contributed by atoms with Crippen molar-refractivity contribution in [3.05, 3.63) is 0 Å². The lowest BCUT2D eigenvalue weighted by atomic mass is 9.97. The number of carbonyl (C=O) groups excluding carboxylic acids is 2. The summed E-state index contributed by atoms with van der Waals surface area (Å²) in [7, 11) is 0. The molecule has 0 spiro atoms. The molecule has 1 unspecified atom stereocenters. The summed E-state index contributed by atoms with van der Waals surface area (Å²) in [4.78, 5) is 23.7.